The molecule has 0 aliphatic heterocycles. The molecule has 1 aromatic rings. The van der Waals surface area contributed by atoms with Crippen molar-refractivity contribution >= 4 is 5.97 Å². The summed E-state index contributed by atoms with van der Waals surface area (Å²) in [5.74, 6) is -0.806. The number of ether oxygens (including phenoxy) is 1. The summed E-state index contributed by atoms with van der Waals surface area (Å²) in [5, 5.41) is 9.70. The molecule has 0 spiro atoms. The number of carboxylic acids is 1. The van der Waals surface area contributed by atoms with E-state index in [2.05, 4.69) is 0 Å². The van der Waals surface area contributed by atoms with Gasteiger partial charge in [-0.15, -0.1) is 0 Å². The fourth-order valence-electron chi connectivity index (χ4n) is 3.10. The fourth-order valence-corrected chi connectivity index (χ4v) is 3.10. The molecule has 0 bridgehead atoms. The van der Waals surface area contributed by atoms with E-state index in [0.717, 1.165) is 31.2 Å². The van der Waals surface area contributed by atoms with E-state index in [1.165, 1.54) is 13.5 Å². The Morgan fingerprint density at radius 3 is 2.33 bits per heavy atom. The zero-order valence-electron chi connectivity index (χ0n) is 10.8. The molecule has 2 rings (SSSR count). The first-order valence-electron chi connectivity index (χ1n) is 6.56. The molecule has 1 fully saturated rings. The SMILES string of the molecule is COC(C(=O)O)(c1ccccc1)C1CCCCC1. The Kier molecular flexibility index (Phi) is 4.02. The highest BCUT2D eigenvalue weighted by molar-refractivity contribution is 5.80. The van der Waals surface area contributed by atoms with Crippen molar-refractivity contribution in [2.24, 2.45) is 5.92 Å². The molecule has 0 amide bonds. The second-order valence-corrected chi connectivity index (χ2v) is 4.95. The van der Waals surface area contributed by atoms with Crippen LogP contribution in [0.4, 0.5) is 0 Å². The molecule has 1 atom stereocenters. The average Bonchev–Trinajstić information content (AvgIpc) is 2.42. The lowest BCUT2D eigenvalue weighted by Gasteiger charge is -2.38. The smallest absolute Gasteiger partial charge is 0.340 e. The van der Waals surface area contributed by atoms with Gasteiger partial charge >= 0.3 is 5.97 Å². The summed E-state index contributed by atoms with van der Waals surface area (Å²) in [6.45, 7) is 0. The van der Waals surface area contributed by atoms with Crippen molar-refractivity contribution in [3.8, 4) is 0 Å². The maximum Gasteiger partial charge on any atom is 0.340 e. The first-order valence-corrected chi connectivity index (χ1v) is 6.56. The van der Waals surface area contributed by atoms with E-state index in [0.29, 0.717) is 0 Å². The van der Waals surface area contributed by atoms with Gasteiger partial charge in [-0.25, -0.2) is 4.79 Å². The molecular weight excluding hydrogens is 228 g/mol. The third kappa shape index (κ3) is 2.15. The lowest BCUT2D eigenvalue weighted by molar-refractivity contribution is -0.174. The summed E-state index contributed by atoms with van der Waals surface area (Å²) in [6.07, 6.45) is 5.24. The molecule has 18 heavy (non-hydrogen) atoms. The average molecular weight is 248 g/mol. The van der Waals surface area contributed by atoms with Crippen LogP contribution < -0.4 is 0 Å². The standard InChI is InChI=1S/C15H20O3/c1-18-15(14(16)17,12-8-4-2-5-9-12)13-10-6-3-7-11-13/h2,4-5,8-9,13H,3,6-7,10-11H2,1H3,(H,16,17). The van der Waals surface area contributed by atoms with Crippen LogP contribution in [0, 0.1) is 5.92 Å². The molecule has 1 unspecified atom stereocenters. The van der Waals surface area contributed by atoms with E-state index >= 15 is 0 Å². The molecule has 0 saturated heterocycles. The van der Waals surface area contributed by atoms with Crippen LogP contribution in [0.2, 0.25) is 0 Å². The van der Waals surface area contributed by atoms with Gasteiger partial charge in [0.15, 0.2) is 5.60 Å². The van der Waals surface area contributed by atoms with Crippen LogP contribution in [0.5, 0.6) is 0 Å². The van der Waals surface area contributed by atoms with Gasteiger partial charge in [-0.3, -0.25) is 0 Å². The van der Waals surface area contributed by atoms with E-state index in [-0.39, 0.29) is 5.92 Å². The van der Waals surface area contributed by atoms with Gasteiger partial charge in [0, 0.05) is 13.0 Å². The second-order valence-electron chi connectivity index (χ2n) is 4.95. The predicted octanol–water partition coefficient (Wildman–Crippen LogP) is 3.19. The third-order valence-corrected chi connectivity index (χ3v) is 4.02. The zero-order valence-corrected chi connectivity index (χ0v) is 10.8. The Hall–Kier alpha value is -1.35. The highest BCUT2D eigenvalue weighted by Gasteiger charge is 2.47. The highest BCUT2D eigenvalue weighted by Crippen LogP contribution is 2.42. The van der Waals surface area contributed by atoms with E-state index < -0.39 is 11.6 Å². The first-order chi connectivity index (χ1) is 8.71. The molecule has 1 aromatic carbocycles. The number of hydrogen-bond donors (Lipinski definition) is 1. The van der Waals surface area contributed by atoms with Gasteiger partial charge < -0.3 is 9.84 Å². The number of aliphatic carboxylic acids is 1. The molecule has 0 aromatic heterocycles. The Balaban J connectivity index is 2.42. The number of methoxy groups -OCH3 is 1. The monoisotopic (exact) mass is 248 g/mol. The second kappa shape index (κ2) is 5.53. The van der Waals surface area contributed by atoms with Crippen LogP contribution in [-0.4, -0.2) is 18.2 Å². The van der Waals surface area contributed by atoms with Crippen LogP contribution in [-0.2, 0) is 15.1 Å². The molecule has 0 radical (unpaired) electrons. The minimum absolute atomic E-state index is 0.0659. The Bertz CT molecular complexity index is 395. The van der Waals surface area contributed by atoms with Gasteiger partial charge in [0.25, 0.3) is 0 Å². The normalized spacial score (nSPS) is 20.3. The van der Waals surface area contributed by atoms with Crippen molar-refractivity contribution in [3.05, 3.63) is 35.9 Å². The summed E-state index contributed by atoms with van der Waals surface area (Å²) in [5.41, 5.74) is -0.422. The van der Waals surface area contributed by atoms with Crippen molar-refractivity contribution in [1.29, 1.82) is 0 Å². The molecule has 1 saturated carbocycles. The van der Waals surface area contributed by atoms with Crippen LogP contribution in [0.1, 0.15) is 37.7 Å². The van der Waals surface area contributed by atoms with Gasteiger partial charge in [-0.05, 0) is 18.4 Å². The Labute approximate surface area is 108 Å². The van der Waals surface area contributed by atoms with Crippen molar-refractivity contribution in [3.63, 3.8) is 0 Å². The predicted molar refractivity (Wildman–Crippen MR) is 69.3 cm³/mol. The molecule has 1 N–H and O–H groups in total. The maximum atomic E-state index is 11.8. The number of rotatable bonds is 4. The Morgan fingerprint density at radius 2 is 1.83 bits per heavy atom. The Morgan fingerprint density at radius 1 is 1.22 bits per heavy atom. The van der Waals surface area contributed by atoms with Crippen molar-refractivity contribution < 1.29 is 14.6 Å². The lowest BCUT2D eigenvalue weighted by Crippen LogP contribution is -2.45. The minimum Gasteiger partial charge on any atom is -0.479 e. The van der Waals surface area contributed by atoms with Crippen molar-refractivity contribution in [1.82, 2.24) is 0 Å². The fraction of sp³-hybridized carbons (Fsp3) is 0.533. The molecule has 98 valence electrons. The number of hydrogen-bond acceptors (Lipinski definition) is 2. The molecule has 1 aliphatic carbocycles. The van der Waals surface area contributed by atoms with Crippen LogP contribution in [0.3, 0.4) is 0 Å². The van der Waals surface area contributed by atoms with E-state index in [9.17, 15) is 9.90 Å². The maximum absolute atomic E-state index is 11.8. The van der Waals surface area contributed by atoms with Crippen LogP contribution in [0.25, 0.3) is 0 Å². The minimum atomic E-state index is -1.18. The van der Waals surface area contributed by atoms with Crippen LogP contribution in [0.15, 0.2) is 30.3 Å². The third-order valence-electron chi connectivity index (χ3n) is 4.02. The van der Waals surface area contributed by atoms with Crippen molar-refractivity contribution in [2.75, 3.05) is 7.11 Å². The molecule has 3 heteroatoms. The first kappa shape index (κ1) is 13.1. The van der Waals surface area contributed by atoms with E-state index in [4.69, 9.17) is 4.74 Å². The van der Waals surface area contributed by atoms with Gasteiger partial charge in [-0.1, -0.05) is 49.6 Å². The summed E-state index contributed by atoms with van der Waals surface area (Å²) in [4.78, 5) is 11.8. The highest BCUT2D eigenvalue weighted by atomic mass is 16.5. The van der Waals surface area contributed by atoms with Gasteiger partial charge in [0.05, 0.1) is 0 Å². The quantitative estimate of drug-likeness (QED) is 0.890. The van der Waals surface area contributed by atoms with Crippen LogP contribution >= 0.6 is 0 Å². The molecule has 3 nitrogen and oxygen atoms in total. The summed E-state index contributed by atoms with van der Waals surface area (Å²) in [6, 6.07) is 9.34. The van der Waals surface area contributed by atoms with Crippen molar-refractivity contribution in [2.45, 2.75) is 37.7 Å². The lowest BCUT2D eigenvalue weighted by atomic mass is 9.73. The van der Waals surface area contributed by atoms with Gasteiger partial charge in [-0.2, -0.15) is 0 Å². The zero-order chi connectivity index (χ0) is 13.0. The summed E-state index contributed by atoms with van der Waals surface area (Å²) in [7, 11) is 1.51. The van der Waals surface area contributed by atoms with E-state index in [1.807, 2.05) is 30.3 Å². The summed E-state index contributed by atoms with van der Waals surface area (Å²) < 4.78 is 5.53. The topological polar surface area (TPSA) is 46.5 Å². The largest absolute Gasteiger partial charge is 0.479 e. The molecular formula is C15H20O3. The molecule has 0 heterocycles. The van der Waals surface area contributed by atoms with E-state index in [1.54, 1.807) is 0 Å². The van der Waals surface area contributed by atoms with Gasteiger partial charge in [0.1, 0.15) is 0 Å². The number of carboxylic acid groups (broad SMARTS) is 1. The number of benzene rings is 1. The molecule has 1 aliphatic rings. The van der Waals surface area contributed by atoms with Gasteiger partial charge in [0.2, 0.25) is 0 Å². The summed E-state index contributed by atoms with van der Waals surface area (Å²) >= 11 is 0. The number of carbonyl (C=O) groups is 1.